The van der Waals surface area contributed by atoms with E-state index in [1.807, 2.05) is 34.5 Å². The summed E-state index contributed by atoms with van der Waals surface area (Å²) in [6, 6.07) is 13.2. The van der Waals surface area contributed by atoms with Crippen molar-refractivity contribution in [2.45, 2.75) is 12.1 Å². The van der Waals surface area contributed by atoms with Crippen LogP contribution < -0.4 is 15.5 Å². The summed E-state index contributed by atoms with van der Waals surface area (Å²) in [5.41, 5.74) is 2.24. The molecule has 2 atom stereocenters. The Morgan fingerprint density at radius 3 is 2.87 bits per heavy atom. The van der Waals surface area contributed by atoms with E-state index in [1.165, 1.54) is 7.11 Å². The van der Waals surface area contributed by atoms with Crippen LogP contribution in [0.15, 0.2) is 58.5 Å². The molecular weight excluding hydrogens is 520 g/mol. The van der Waals surface area contributed by atoms with Crippen LogP contribution >= 0.6 is 51.1 Å². The molecule has 1 amide bonds. The first kappa shape index (κ1) is 22.2. The van der Waals surface area contributed by atoms with Crippen LogP contribution in [-0.2, 0) is 9.53 Å². The predicted octanol–water partition coefficient (Wildman–Crippen LogP) is 5.32. The molecular formula is C21H18BrClN4O2S2. The second-order valence-electron chi connectivity index (χ2n) is 6.81. The zero-order chi connectivity index (χ0) is 22.0. The second-order valence-corrected chi connectivity index (χ2v) is 9.46. The van der Waals surface area contributed by atoms with Crippen LogP contribution in [0.1, 0.15) is 22.7 Å². The van der Waals surface area contributed by atoms with Crippen molar-refractivity contribution in [2.24, 2.45) is 0 Å². The molecule has 3 heterocycles. The Morgan fingerprint density at radius 2 is 2.23 bits per heavy atom. The topological polar surface area (TPSA) is 66.5 Å². The van der Waals surface area contributed by atoms with Gasteiger partial charge in [0.1, 0.15) is 6.61 Å². The number of aromatic nitrogens is 1. The number of thiocarbonyl (C=S) groups is 1. The summed E-state index contributed by atoms with van der Waals surface area (Å²) in [6.07, 6.45) is 1.78. The van der Waals surface area contributed by atoms with Gasteiger partial charge in [-0.15, -0.1) is 11.3 Å². The number of benzene rings is 1. The average molecular weight is 538 g/mol. The zero-order valence-corrected chi connectivity index (χ0v) is 20.3. The van der Waals surface area contributed by atoms with Crippen molar-refractivity contribution < 1.29 is 9.53 Å². The van der Waals surface area contributed by atoms with Crippen LogP contribution in [0.25, 0.3) is 0 Å². The number of pyridine rings is 1. The molecule has 31 heavy (non-hydrogen) atoms. The minimum Gasteiger partial charge on any atom is -0.375 e. The number of halogens is 2. The Morgan fingerprint density at radius 1 is 1.39 bits per heavy atom. The number of rotatable bonds is 6. The molecule has 1 aromatic carbocycles. The van der Waals surface area contributed by atoms with E-state index in [4.69, 9.17) is 28.6 Å². The lowest BCUT2D eigenvalue weighted by atomic mass is 10.0. The lowest BCUT2D eigenvalue weighted by Gasteiger charge is -2.27. The van der Waals surface area contributed by atoms with Crippen molar-refractivity contribution in [2.75, 3.05) is 23.9 Å². The summed E-state index contributed by atoms with van der Waals surface area (Å²) in [7, 11) is 1.46. The SMILES string of the molecule is COCC(=O)Nc1ccc(N2C(=S)N[C@H](c3ccccn3)[C@@H]2c2cc(Br)cs2)cc1Cl. The number of thiophene rings is 1. The molecule has 3 aromatic rings. The first-order valence-corrected chi connectivity index (χ1v) is 11.8. The maximum absolute atomic E-state index is 11.9. The molecule has 0 saturated carbocycles. The van der Waals surface area contributed by atoms with Crippen LogP contribution in [0.3, 0.4) is 0 Å². The minimum atomic E-state index is -0.271. The summed E-state index contributed by atoms with van der Waals surface area (Å²) in [5, 5.41) is 9.20. The van der Waals surface area contributed by atoms with Crippen molar-refractivity contribution in [3.05, 3.63) is 74.1 Å². The van der Waals surface area contributed by atoms with Gasteiger partial charge < -0.3 is 20.3 Å². The van der Waals surface area contributed by atoms with E-state index >= 15 is 0 Å². The Bertz CT molecular complexity index is 1110. The molecule has 4 rings (SSSR count). The summed E-state index contributed by atoms with van der Waals surface area (Å²) in [5.74, 6) is -0.271. The number of anilines is 2. The zero-order valence-electron chi connectivity index (χ0n) is 16.3. The fourth-order valence-corrected chi connectivity index (χ4v) is 5.62. The van der Waals surface area contributed by atoms with E-state index in [-0.39, 0.29) is 24.6 Å². The molecule has 1 fully saturated rings. The van der Waals surface area contributed by atoms with Crippen molar-refractivity contribution in [3.63, 3.8) is 0 Å². The molecule has 6 nitrogen and oxygen atoms in total. The third-order valence-electron chi connectivity index (χ3n) is 4.76. The van der Waals surface area contributed by atoms with Gasteiger partial charge in [-0.2, -0.15) is 0 Å². The molecule has 1 aliphatic heterocycles. The number of ether oxygens (including phenoxy) is 1. The van der Waals surface area contributed by atoms with E-state index in [0.29, 0.717) is 15.8 Å². The highest BCUT2D eigenvalue weighted by molar-refractivity contribution is 9.10. The molecule has 160 valence electrons. The van der Waals surface area contributed by atoms with Gasteiger partial charge >= 0.3 is 0 Å². The molecule has 10 heteroatoms. The van der Waals surface area contributed by atoms with Crippen LogP contribution in [0.2, 0.25) is 5.02 Å². The lowest BCUT2D eigenvalue weighted by Crippen LogP contribution is -2.29. The van der Waals surface area contributed by atoms with E-state index in [2.05, 4.69) is 37.6 Å². The molecule has 0 radical (unpaired) electrons. The van der Waals surface area contributed by atoms with Crippen molar-refractivity contribution in [3.8, 4) is 0 Å². The van der Waals surface area contributed by atoms with Gasteiger partial charge in [-0.1, -0.05) is 17.7 Å². The molecule has 1 saturated heterocycles. The van der Waals surface area contributed by atoms with Crippen molar-refractivity contribution in [1.29, 1.82) is 0 Å². The summed E-state index contributed by atoms with van der Waals surface area (Å²) < 4.78 is 5.87. The molecule has 0 bridgehead atoms. The number of amides is 1. The van der Waals surface area contributed by atoms with Crippen molar-refractivity contribution >= 4 is 73.5 Å². The van der Waals surface area contributed by atoms with Gasteiger partial charge in [0.25, 0.3) is 0 Å². The highest BCUT2D eigenvalue weighted by Crippen LogP contribution is 2.45. The number of hydrogen-bond acceptors (Lipinski definition) is 5. The summed E-state index contributed by atoms with van der Waals surface area (Å²) >= 11 is 17.4. The van der Waals surface area contributed by atoms with Gasteiger partial charge in [0.15, 0.2) is 5.11 Å². The maximum Gasteiger partial charge on any atom is 0.250 e. The average Bonchev–Trinajstić information content (AvgIpc) is 3.33. The van der Waals surface area contributed by atoms with Gasteiger partial charge in [0, 0.05) is 33.7 Å². The molecule has 2 aromatic heterocycles. The van der Waals surface area contributed by atoms with Gasteiger partial charge in [0.05, 0.1) is 28.5 Å². The highest BCUT2D eigenvalue weighted by Gasteiger charge is 2.41. The molecule has 1 aliphatic rings. The lowest BCUT2D eigenvalue weighted by molar-refractivity contribution is -0.119. The fraction of sp³-hybridized carbons (Fsp3) is 0.190. The number of hydrogen-bond donors (Lipinski definition) is 2. The van der Waals surface area contributed by atoms with Crippen LogP contribution in [-0.4, -0.2) is 29.7 Å². The smallest absolute Gasteiger partial charge is 0.250 e. The minimum absolute atomic E-state index is 0.0424. The van der Waals surface area contributed by atoms with E-state index in [9.17, 15) is 4.79 Å². The van der Waals surface area contributed by atoms with Crippen LogP contribution in [0.5, 0.6) is 0 Å². The number of nitrogens with one attached hydrogen (secondary N) is 2. The first-order chi connectivity index (χ1) is 15.0. The van der Waals surface area contributed by atoms with Crippen LogP contribution in [0.4, 0.5) is 11.4 Å². The van der Waals surface area contributed by atoms with Crippen LogP contribution in [0, 0.1) is 0 Å². The summed E-state index contributed by atoms with van der Waals surface area (Å²) in [4.78, 5) is 19.6. The largest absolute Gasteiger partial charge is 0.375 e. The molecule has 0 spiro atoms. The molecule has 0 unspecified atom stereocenters. The first-order valence-electron chi connectivity index (χ1n) is 9.31. The third kappa shape index (κ3) is 4.75. The summed E-state index contributed by atoms with van der Waals surface area (Å²) in [6.45, 7) is -0.0424. The standard InChI is InChI=1S/C21H18BrClN4O2S2/c1-29-10-18(28)25-15-6-5-13(9-14(15)23)27-20(17-8-12(22)11-31-17)19(26-21(27)30)16-4-2-3-7-24-16/h2-9,11,19-20H,10H2,1H3,(H,25,28)(H,26,30)/t19-,20+/m1/s1. The van der Waals surface area contributed by atoms with E-state index in [0.717, 1.165) is 20.7 Å². The fourth-order valence-electron chi connectivity index (χ4n) is 3.48. The number of carbonyl (C=O) groups is 1. The quantitative estimate of drug-likeness (QED) is 0.415. The van der Waals surface area contributed by atoms with E-state index < -0.39 is 0 Å². The van der Waals surface area contributed by atoms with Gasteiger partial charge in [-0.25, -0.2) is 0 Å². The van der Waals surface area contributed by atoms with Gasteiger partial charge in [-0.05, 0) is 64.5 Å². The van der Waals surface area contributed by atoms with Gasteiger partial charge in [0.2, 0.25) is 5.91 Å². The molecule has 0 aliphatic carbocycles. The number of carbonyl (C=O) groups excluding carboxylic acids is 1. The highest BCUT2D eigenvalue weighted by atomic mass is 79.9. The Labute approximate surface area is 202 Å². The van der Waals surface area contributed by atoms with E-state index in [1.54, 1.807) is 29.7 Å². The maximum atomic E-state index is 11.9. The number of methoxy groups -OCH3 is 1. The Balaban J connectivity index is 1.71. The normalized spacial score (nSPS) is 18.2. The molecule has 2 N–H and O–H groups in total. The monoisotopic (exact) mass is 536 g/mol. The predicted molar refractivity (Wildman–Crippen MR) is 132 cm³/mol. The number of nitrogens with zero attached hydrogens (tertiary/aromatic N) is 2. The second kappa shape index (κ2) is 9.62. The Hall–Kier alpha value is -2.04. The van der Waals surface area contributed by atoms with Crippen molar-refractivity contribution in [1.82, 2.24) is 10.3 Å². The Kier molecular flexibility index (Phi) is 6.88. The van der Waals surface area contributed by atoms with Gasteiger partial charge in [-0.3, -0.25) is 9.78 Å². The third-order valence-corrected chi connectivity index (χ3v) is 7.15.